The van der Waals surface area contributed by atoms with E-state index in [4.69, 9.17) is 0 Å². The van der Waals surface area contributed by atoms with E-state index in [2.05, 4.69) is 25.2 Å². The van der Waals surface area contributed by atoms with Crippen LogP contribution in [-0.4, -0.2) is 10.2 Å². The first kappa shape index (κ1) is 13.9. The van der Waals surface area contributed by atoms with Crippen molar-refractivity contribution in [2.75, 3.05) is 0 Å². The van der Waals surface area contributed by atoms with Gasteiger partial charge in [0.25, 0.3) is 0 Å². The zero-order valence-electron chi connectivity index (χ0n) is 11.4. The first-order valence-corrected chi connectivity index (χ1v) is 7.10. The van der Waals surface area contributed by atoms with Crippen LogP contribution in [-0.2, 0) is 6.54 Å². The average molecular weight is 277 g/mol. The van der Waals surface area contributed by atoms with Gasteiger partial charge in [0.1, 0.15) is 11.5 Å². The molecule has 0 radical (unpaired) electrons. The summed E-state index contributed by atoms with van der Waals surface area (Å²) in [6.07, 6.45) is 0. The highest BCUT2D eigenvalue weighted by Crippen LogP contribution is 2.28. The van der Waals surface area contributed by atoms with Crippen molar-refractivity contribution in [1.82, 2.24) is 5.32 Å². The van der Waals surface area contributed by atoms with Crippen molar-refractivity contribution in [3.05, 3.63) is 45.1 Å². The molecular weight excluding hydrogens is 258 g/mol. The van der Waals surface area contributed by atoms with Crippen molar-refractivity contribution >= 4 is 11.3 Å². The van der Waals surface area contributed by atoms with Crippen LogP contribution < -0.4 is 5.32 Å². The third kappa shape index (κ3) is 3.28. The van der Waals surface area contributed by atoms with Crippen molar-refractivity contribution in [2.24, 2.45) is 0 Å². The van der Waals surface area contributed by atoms with Crippen LogP contribution >= 0.6 is 11.3 Å². The normalized spacial score (nSPS) is 12.6. The summed E-state index contributed by atoms with van der Waals surface area (Å²) in [6, 6.07) is 6.92. The van der Waals surface area contributed by atoms with Crippen molar-refractivity contribution in [1.29, 1.82) is 0 Å². The van der Waals surface area contributed by atoms with E-state index in [1.54, 1.807) is 23.5 Å². The Morgan fingerprint density at radius 1 is 1.21 bits per heavy atom. The molecule has 1 unspecified atom stereocenters. The molecule has 0 spiro atoms. The Bertz CT molecular complexity index is 558. The van der Waals surface area contributed by atoms with Crippen LogP contribution in [0, 0.1) is 13.8 Å². The molecule has 0 saturated heterocycles. The first-order valence-electron chi connectivity index (χ1n) is 6.28. The largest absolute Gasteiger partial charge is 0.508 e. The van der Waals surface area contributed by atoms with Crippen LogP contribution in [0.4, 0.5) is 0 Å². The molecule has 19 heavy (non-hydrogen) atoms. The number of phenolic OH excluding ortho intramolecular Hbond substituents is 2. The van der Waals surface area contributed by atoms with Gasteiger partial charge in [0.05, 0.1) is 0 Å². The van der Waals surface area contributed by atoms with Crippen molar-refractivity contribution in [2.45, 2.75) is 33.4 Å². The predicted octanol–water partition coefficient (Wildman–Crippen LogP) is 3.63. The highest BCUT2D eigenvalue weighted by Gasteiger charge is 2.11. The second-order valence-electron chi connectivity index (χ2n) is 4.80. The summed E-state index contributed by atoms with van der Waals surface area (Å²) < 4.78 is 0. The second kappa shape index (κ2) is 5.63. The fraction of sp³-hybridized carbons (Fsp3) is 0.333. The number of nitrogens with one attached hydrogen (secondary N) is 1. The van der Waals surface area contributed by atoms with Gasteiger partial charge in [-0.15, -0.1) is 11.3 Å². The standard InChI is InChI=1S/C15H19NO2S/c1-9-6-13(19-11(9)3)8-16-10(2)14-5-4-12(17)7-15(14)18/h4-7,10,16-18H,8H2,1-3H3. The van der Waals surface area contributed by atoms with Gasteiger partial charge >= 0.3 is 0 Å². The Morgan fingerprint density at radius 3 is 2.53 bits per heavy atom. The van der Waals surface area contributed by atoms with Crippen LogP contribution in [0.5, 0.6) is 11.5 Å². The SMILES string of the molecule is Cc1cc(CNC(C)c2ccc(O)cc2O)sc1C. The number of aromatic hydroxyl groups is 2. The van der Waals surface area contributed by atoms with E-state index in [0.717, 1.165) is 12.1 Å². The van der Waals surface area contributed by atoms with Crippen LogP contribution in [0.3, 0.4) is 0 Å². The van der Waals surface area contributed by atoms with Gasteiger partial charge in [0.2, 0.25) is 0 Å². The molecule has 2 aromatic rings. The van der Waals surface area contributed by atoms with Crippen molar-refractivity contribution in [3.8, 4) is 11.5 Å². The smallest absolute Gasteiger partial charge is 0.124 e. The highest BCUT2D eigenvalue weighted by atomic mass is 32.1. The average Bonchev–Trinajstić information content (AvgIpc) is 2.66. The van der Waals surface area contributed by atoms with E-state index in [0.29, 0.717) is 0 Å². The minimum absolute atomic E-state index is 0.0308. The van der Waals surface area contributed by atoms with E-state index in [1.807, 2.05) is 6.92 Å². The quantitative estimate of drug-likeness (QED) is 0.800. The lowest BCUT2D eigenvalue weighted by atomic mass is 10.1. The lowest BCUT2D eigenvalue weighted by Gasteiger charge is -2.15. The number of phenols is 2. The lowest BCUT2D eigenvalue weighted by Crippen LogP contribution is -2.17. The maximum Gasteiger partial charge on any atom is 0.124 e. The molecule has 1 heterocycles. The lowest BCUT2D eigenvalue weighted by molar-refractivity contribution is 0.436. The molecule has 0 bridgehead atoms. The Labute approximate surface area is 117 Å². The topological polar surface area (TPSA) is 52.5 Å². The molecule has 4 heteroatoms. The van der Waals surface area contributed by atoms with Crippen LogP contribution in [0.25, 0.3) is 0 Å². The minimum atomic E-state index is 0.0308. The third-order valence-corrected chi connectivity index (χ3v) is 4.43. The molecule has 102 valence electrons. The fourth-order valence-corrected chi connectivity index (χ4v) is 3.00. The maximum absolute atomic E-state index is 9.81. The van der Waals surface area contributed by atoms with Gasteiger partial charge in [0.15, 0.2) is 0 Å². The molecular formula is C15H19NO2S. The number of hydrogen-bond acceptors (Lipinski definition) is 4. The van der Waals surface area contributed by atoms with Gasteiger partial charge in [-0.1, -0.05) is 6.07 Å². The zero-order valence-corrected chi connectivity index (χ0v) is 12.2. The van der Waals surface area contributed by atoms with E-state index in [1.165, 1.54) is 21.4 Å². The summed E-state index contributed by atoms with van der Waals surface area (Å²) >= 11 is 1.79. The zero-order chi connectivity index (χ0) is 14.0. The fourth-order valence-electron chi connectivity index (χ4n) is 2.00. The van der Waals surface area contributed by atoms with E-state index in [9.17, 15) is 10.2 Å². The molecule has 3 nitrogen and oxygen atoms in total. The molecule has 1 aromatic heterocycles. The Balaban J connectivity index is 2.03. The Morgan fingerprint density at radius 2 is 1.95 bits per heavy atom. The number of hydrogen-bond donors (Lipinski definition) is 3. The molecule has 0 aliphatic carbocycles. The van der Waals surface area contributed by atoms with Crippen LogP contribution in [0.15, 0.2) is 24.3 Å². The number of benzene rings is 1. The molecule has 0 aliphatic rings. The number of aryl methyl sites for hydroxylation is 2. The molecule has 0 fully saturated rings. The van der Waals surface area contributed by atoms with Gasteiger partial charge in [0, 0.05) is 34.0 Å². The van der Waals surface area contributed by atoms with Gasteiger partial charge in [-0.3, -0.25) is 0 Å². The van der Waals surface area contributed by atoms with Crippen LogP contribution in [0.1, 0.15) is 33.8 Å². The summed E-state index contributed by atoms with van der Waals surface area (Å²) in [4.78, 5) is 2.64. The van der Waals surface area contributed by atoms with Gasteiger partial charge < -0.3 is 15.5 Å². The van der Waals surface area contributed by atoms with Crippen molar-refractivity contribution in [3.63, 3.8) is 0 Å². The molecule has 0 amide bonds. The molecule has 1 atom stereocenters. The third-order valence-electron chi connectivity index (χ3n) is 3.28. The summed E-state index contributed by atoms with van der Waals surface area (Å²) in [5.74, 6) is 0.205. The first-order chi connectivity index (χ1) is 8.97. The highest BCUT2D eigenvalue weighted by molar-refractivity contribution is 7.12. The molecule has 0 saturated carbocycles. The molecule has 0 aliphatic heterocycles. The summed E-state index contributed by atoms with van der Waals surface area (Å²) in [6.45, 7) is 7.02. The minimum Gasteiger partial charge on any atom is -0.508 e. The number of thiophene rings is 1. The van der Waals surface area contributed by atoms with Gasteiger partial charge in [-0.2, -0.15) is 0 Å². The predicted molar refractivity (Wildman–Crippen MR) is 78.8 cm³/mol. The maximum atomic E-state index is 9.81. The summed E-state index contributed by atoms with van der Waals surface area (Å²) in [5, 5.41) is 22.5. The molecule has 3 N–H and O–H groups in total. The molecule has 2 rings (SSSR count). The summed E-state index contributed by atoms with van der Waals surface area (Å²) in [7, 11) is 0. The van der Waals surface area contributed by atoms with Crippen LogP contribution in [0.2, 0.25) is 0 Å². The summed E-state index contributed by atoms with van der Waals surface area (Å²) in [5.41, 5.74) is 2.12. The van der Waals surface area contributed by atoms with E-state index >= 15 is 0 Å². The molecule has 1 aromatic carbocycles. The van der Waals surface area contributed by atoms with E-state index < -0.39 is 0 Å². The van der Waals surface area contributed by atoms with Gasteiger partial charge in [-0.05, 0) is 38.5 Å². The second-order valence-corrected chi connectivity index (χ2v) is 6.14. The van der Waals surface area contributed by atoms with E-state index in [-0.39, 0.29) is 17.5 Å². The van der Waals surface area contributed by atoms with Gasteiger partial charge in [-0.25, -0.2) is 0 Å². The Hall–Kier alpha value is -1.52. The van der Waals surface area contributed by atoms with Crippen molar-refractivity contribution < 1.29 is 10.2 Å². The monoisotopic (exact) mass is 277 g/mol. The Kier molecular flexibility index (Phi) is 4.12. The number of rotatable bonds is 4.